The fourth-order valence-electron chi connectivity index (χ4n) is 1.37. The molecule has 1 aromatic rings. The third kappa shape index (κ3) is 5.50. The van der Waals surface area contributed by atoms with Gasteiger partial charge in [-0.25, -0.2) is 0 Å². The summed E-state index contributed by atoms with van der Waals surface area (Å²) in [5, 5.41) is 9.06. The van der Waals surface area contributed by atoms with Crippen LogP contribution in [0.1, 0.15) is 12.8 Å². The minimum atomic E-state index is -0.0414. The summed E-state index contributed by atoms with van der Waals surface area (Å²) in [4.78, 5) is 13.2. The number of hydrogen-bond donors (Lipinski definition) is 0. The molecule has 0 aliphatic carbocycles. The normalized spacial score (nSPS) is 9.79. The van der Waals surface area contributed by atoms with Crippen LogP contribution < -0.4 is 4.74 Å². The highest BCUT2D eigenvalue weighted by molar-refractivity contribution is 9.10. The molecule has 0 atom stereocenters. The molecule has 19 heavy (non-hydrogen) atoms. The average molecular weight is 346 g/mol. The summed E-state index contributed by atoms with van der Waals surface area (Å²) in [5.74, 6) is 0.609. The maximum atomic E-state index is 11.7. The third-order valence-electron chi connectivity index (χ3n) is 2.45. The molecular formula is C13H14BrClN2O2. The summed E-state index contributed by atoms with van der Waals surface area (Å²) in [6, 6.07) is 7.21. The molecule has 1 aromatic carbocycles. The molecule has 0 aliphatic heterocycles. The van der Waals surface area contributed by atoms with Gasteiger partial charge >= 0.3 is 0 Å². The second-order valence-corrected chi connectivity index (χ2v) is 5.19. The number of nitrogens with zero attached hydrogens (tertiary/aromatic N) is 2. The van der Waals surface area contributed by atoms with Crippen LogP contribution in [-0.2, 0) is 4.79 Å². The fourth-order valence-corrected chi connectivity index (χ4v) is 2.17. The Balaban J connectivity index is 2.38. The summed E-state index contributed by atoms with van der Waals surface area (Å²) in [7, 11) is 1.68. The van der Waals surface area contributed by atoms with Gasteiger partial charge in [-0.15, -0.1) is 0 Å². The number of halogens is 2. The maximum absolute atomic E-state index is 11.7. The summed E-state index contributed by atoms with van der Waals surface area (Å²) in [6.07, 6.45) is 0.614. The Morgan fingerprint density at radius 2 is 2.32 bits per heavy atom. The third-order valence-corrected chi connectivity index (χ3v) is 3.31. The van der Waals surface area contributed by atoms with Crippen LogP contribution in [0.2, 0.25) is 5.02 Å². The summed E-state index contributed by atoms with van der Waals surface area (Å²) in [6.45, 7) is 0.732. The zero-order valence-electron chi connectivity index (χ0n) is 10.5. The molecule has 0 spiro atoms. The van der Waals surface area contributed by atoms with E-state index < -0.39 is 0 Å². The Morgan fingerprint density at radius 3 is 2.95 bits per heavy atom. The van der Waals surface area contributed by atoms with E-state index in [-0.39, 0.29) is 18.9 Å². The van der Waals surface area contributed by atoms with Gasteiger partial charge in [0.05, 0.1) is 30.0 Å². The van der Waals surface area contributed by atoms with Crippen molar-refractivity contribution in [1.82, 2.24) is 4.90 Å². The first-order chi connectivity index (χ1) is 9.04. The zero-order chi connectivity index (χ0) is 14.3. The Morgan fingerprint density at radius 1 is 1.58 bits per heavy atom. The monoisotopic (exact) mass is 344 g/mol. The molecule has 0 fully saturated rings. The Bertz CT molecular complexity index is 488. The van der Waals surface area contributed by atoms with Crippen molar-refractivity contribution in [2.45, 2.75) is 12.8 Å². The van der Waals surface area contributed by atoms with Crippen LogP contribution in [0.15, 0.2) is 22.7 Å². The van der Waals surface area contributed by atoms with Crippen LogP contribution >= 0.6 is 27.5 Å². The van der Waals surface area contributed by atoms with E-state index in [1.807, 2.05) is 6.07 Å². The lowest BCUT2D eigenvalue weighted by atomic mass is 10.3. The number of nitriles is 1. The van der Waals surface area contributed by atoms with Gasteiger partial charge in [0.2, 0.25) is 5.91 Å². The van der Waals surface area contributed by atoms with Gasteiger partial charge in [-0.2, -0.15) is 5.26 Å². The number of carbonyl (C=O) groups is 1. The molecule has 1 amide bonds. The standard InChI is InChI=1S/C13H14BrClN2O2/c1-17(7-2-6-16)13(18)5-8-19-12-4-3-10(15)9-11(12)14/h3-4,9H,2,5,7-8H2,1H3. The summed E-state index contributed by atoms with van der Waals surface area (Å²) < 4.78 is 6.25. The van der Waals surface area contributed by atoms with Gasteiger partial charge in [0, 0.05) is 18.6 Å². The van der Waals surface area contributed by atoms with Crippen molar-refractivity contribution in [1.29, 1.82) is 5.26 Å². The number of amides is 1. The molecule has 0 aromatic heterocycles. The van der Waals surface area contributed by atoms with Gasteiger partial charge in [-0.3, -0.25) is 4.79 Å². The van der Waals surface area contributed by atoms with E-state index in [9.17, 15) is 4.79 Å². The Labute approximate surface area is 126 Å². The van der Waals surface area contributed by atoms with Crippen molar-refractivity contribution in [2.75, 3.05) is 20.2 Å². The van der Waals surface area contributed by atoms with E-state index in [1.54, 1.807) is 25.2 Å². The second kappa shape index (κ2) is 8.03. The van der Waals surface area contributed by atoms with E-state index in [0.29, 0.717) is 23.7 Å². The molecule has 102 valence electrons. The number of ether oxygens (including phenoxy) is 1. The molecule has 0 unspecified atom stereocenters. The van der Waals surface area contributed by atoms with Gasteiger partial charge in [-0.1, -0.05) is 11.6 Å². The molecule has 0 N–H and O–H groups in total. The molecule has 0 heterocycles. The van der Waals surface area contributed by atoms with Crippen molar-refractivity contribution in [3.05, 3.63) is 27.7 Å². The Hall–Kier alpha value is -1.25. The predicted molar refractivity (Wildman–Crippen MR) is 77.1 cm³/mol. The van der Waals surface area contributed by atoms with E-state index >= 15 is 0 Å². The van der Waals surface area contributed by atoms with Crippen molar-refractivity contribution in [3.8, 4) is 11.8 Å². The molecule has 6 heteroatoms. The minimum Gasteiger partial charge on any atom is -0.492 e. The first-order valence-corrected chi connectivity index (χ1v) is 6.90. The average Bonchev–Trinajstić information content (AvgIpc) is 2.38. The van der Waals surface area contributed by atoms with E-state index in [2.05, 4.69) is 15.9 Å². The van der Waals surface area contributed by atoms with Crippen LogP contribution in [0.5, 0.6) is 5.75 Å². The van der Waals surface area contributed by atoms with E-state index in [1.165, 1.54) is 4.90 Å². The van der Waals surface area contributed by atoms with Crippen LogP contribution in [0, 0.1) is 11.3 Å². The van der Waals surface area contributed by atoms with Crippen molar-refractivity contribution < 1.29 is 9.53 Å². The maximum Gasteiger partial charge on any atom is 0.225 e. The number of carbonyl (C=O) groups excluding carboxylic acids is 1. The lowest BCUT2D eigenvalue weighted by Crippen LogP contribution is -2.28. The van der Waals surface area contributed by atoms with Gasteiger partial charge in [0.1, 0.15) is 5.75 Å². The highest BCUT2D eigenvalue weighted by Gasteiger charge is 2.09. The lowest BCUT2D eigenvalue weighted by Gasteiger charge is -2.15. The summed E-state index contributed by atoms with van der Waals surface area (Å²) in [5.41, 5.74) is 0. The molecule has 0 aliphatic rings. The van der Waals surface area contributed by atoms with Crippen LogP contribution in [0.3, 0.4) is 0 Å². The van der Waals surface area contributed by atoms with E-state index in [0.717, 1.165) is 4.47 Å². The van der Waals surface area contributed by atoms with E-state index in [4.69, 9.17) is 21.6 Å². The van der Waals surface area contributed by atoms with Crippen LogP contribution in [0.4, 0.5) is 0 Å². The number of benzene rings is 1. The van der Waals surface area contributed by atoms with Crippen molar-refractivity contribution in [3.63, 3.8) is 0 Å². The van der Waals surface area contributed by atoms with Gasteiger partial charge in [0.15, 0.2) is 0 Å². The van der Waals surface area contributed by atoms with Gasteiger partial charge in [0.25, 0.3) is 0 Å². The molecule has 0 saturated carbocycles. The highest BCUT2D eigenvalue weighted by Crippen LogP contribution is 2.27. The molecule has 0 radical (unpaired) electrons. The van der Waals surface area contributed by atoms with Gasteiger partial charge < -0.3 is 9.64 Å². The Kier molecular flexibility index (Phi) is 6.68. The van der Waals surface area contributed by atoms with Crippen molar-refractivity contribution >= 4 is 33.4 Å². The second-order valence-electron chi connectivity index (χ2n) is 3.90. The quantitative estimate of drug-likeness (QED) is 0.795. The summed E-state index contributed by atoms with van der Waals surface area (Å²) >= 11 is 9.16. The highest BCUT2D eigenvalue weighted by atomic mass is 79.9. The number of rotatable bonds is 6. The zero-order valence-corrected chi connectivity index (χ0v) is 12.9. The molecule has 0 saturated heterocycles. The van der Waals surface area contributed by atoms with Gasteiger partial charge in [-0.05, 0) is 34.1 Å². The van der Waals surface area contributed by atoms with Crippen LogP contribution in [0.25, 0.3) is 0 Å². The minimum absolute atomic E-state index is 0.0414. The molecule has 0 bridgehead atoms. The predicted octanol–water partition coefficient (Wildman–Crippen LogP) is 3.24. The molecule has 1 rings (SSSR count). The smallest absolute Gasteiger partial charge is 0.225 e. The lowest BCUT2D eigenvalue weighted by molar-refractivity contribution is -0.130. The first kappa shape index (κ1) is 15.8. The SMILES string of the molecule is CN(CCC#N)C(=O)CCOc1ccc(Cl)cc1Br. The largest absolute Gasteiger partial charge is 0.492 e. The first-order valence-electron chi connectivity index (χ1n) is 5.73. The fraction of sp³-hybridized carbons (Fsp3) is 0.385. The van der Waals surface area contributed by atoms with Crippen molar-refractivity contribution in [2.24, 2.45) is 0 Å². The molecule has 4 nitrogen and oxygen atoms in total. The number of hydrogen-bond acceptors (Lipinski definition) is 3. The topological polar surface area (TPSA) is 53.3 Å². The molecular weight excluding hydrogens is 332 g/mol. The van der Waals surface area contributed by atoms with Crippen LogP contribution in [-0.4, -0.2) is 31.0 Å².